The highest BCUT2D eigenvalue weighted by atomic mass is 35.5. The molecule has 0 radical (unpaired) electrons. The fourth-order valence-corrected chi connectivity index (χ4v) is 4.72. The standard InChI is InChI=1S/C21H25N3O2.2ClH/c1-13-6-4-5-7-16(13)19-18-12-24(11-15(18)10-23(19)3)21(26)17-9-8-14(2)22-20(17)25;;/h4-9,15,18-19H,10-12H2,1-3H3,(H,22,25);2*1H/t15-,18+,19-;;/m0../s1. The van der Waals surface area contributed by atoms with E-state index in [1.165, 1.54) is 11.1 Å². The second kappa shape index (κ2) is 8.68. The number of pyridine rings is 1. The molecule has 3 atom stereocenters. The van der Waals surface area contributed by atoms with Crippen LogP contribution in [-0.4, -0.2) is 47.4 Å². The van der Waals surface area contributed by atoms with Crippen LogP contribution in [0.5, 0.6) is 0 Å². The number of hydrogen-bond acceptors (Lipinski definition) is 3. The topological polar surface area (TPSA) is 56.4 Å². The van der Waals surface area contributed by atoms with E-state index in [-0.39, 0.29) is 41.8 Å². The molecule has 0 spiro atoms. The lowest BCUT2D eigenvalue weighted by atomic mass is 9.88. The third kappa shape index (κ3) is 3.84. The van der Waals surface area contributed by atoms with Crippen molar-refractivity contribution in [2.45, 2.75) is 19.9 Å². The van der Waals surface area contributed by atoms with Gasteiger partial charge in [0.1, 0.15) is 5.56 Å². The van der Waals surface area contributed by atoms with Crippen molar-refractivity contribution in [3.63, 3.8) is 0 Å². The van der Waals surface area contributed by atoms with Crippen molar-refractivity contribution in [1.29, 1.82) is 0 Å². The average molecular weight is 424 g/mol. The van der Waals surface area contributed by atoms with Crippen LogP contribution in [0.25, 0.3) is 0 Å². The molecule has 1 amide bonds. The van der Waals surface area contributed by atoms with Crippen LogP contribution in [0.4, 0.5) is 0 Å². The van der Waals surface area contributed by atoms with E-state index in [0.717, 1.165) is 18.8 Å². The van der Waals surface area contributed by atoms with Gasteiger partial charge in [-0.05, 0) is 50.1 Å². The number of nitrogens with one attached hydrogen (secondary N) is 1. The maximum absolute atomic E-state index is 12.9. The number of halogens is 2. The SMILES string of the molecule is Cc1ccc(C(=O)N2C[C@@H]3CN(C)[C@@H](c4ccccc4C)[C@@H]3C2)c(=O)[nH]1.Cl.Cl. The first-order valence-corrected chi connectivity index (χ1v) is 9.20. The molecule has 5 nitrogen and oxygen atoms in total. The number of hydrogen-bond donors (Lipinski definition) is 1. The van der Waals surface area contributed by atoms with Gasteiger partial charge in [0.15, 0.2) is 0 Å². The zero-order valence-electron chi connectivity index (χ0n) is 16.3. The number of carbonyl (C=O) groups is 1. The Kier molecular flexibility index (Phi) is 6.97. The summed E-state index contributed by atoms with van der Waals surface area (Å²) in [4.78, 5) is 32.1. The molecule has 2 fully saturated rings. The van der Waals surface area contributed by atoms with Gasteiger partial charge in [-0.2, -0.15) is 0 Å². The molecule has 1 N–H and O–H groups in total. The molecule has 0 aliphatic carbocycles. The first-order valence-electron chi connectivity index (χ1n) is 9.20. The van der Waals surface area contributed by atoms with Crippen molar-refractivity contribution in [2.75, 3.05) is 26.7 Å². The summed E-state index contributed by atoms with van der Waals surface area (Å²) in [6.07, 6.45) is 0. The molecular formula is C21H27Cl2N3O2. The zero-order chi connectivity index (χ0) is 18.4. The van der Waals surface area contributed by atoms with Crippen LogP contribution in [0.2, 0.25) is 0 Å². The number of H-pyrrole nitrogens is 1. The van der Waals surface area contributed by atoms with Crippen molar-refractivity contribution >= 4 is 30.7 Å². The molecule has 1 aromatic heterocycles. The van der Waals surface area contributed by atoms with E-state index < -0.39 is 0 Å². The van der Waals surface area contributed by atoms with Gasteiger partial charge in [0.25, 0.3) is 11.5 Å². The molecule has 28 heavy (non-hydrogen) atoms. The van der Waals surface area contributed by atoms with Gasteiger partial charge in [0.05, 0.1) is 0 Å². The first kappa shape index (κ1) is 22.5. The number of carbonyl (C=O) groups excluding carboxylic acids is 1. The molecular weight excluding hydrogens is 397 g/mol. The van der Waals surface area contributed by atoms with Gasteiger partial charge in [-0.3, -0.25) is 14.5 Å². The second-order valence-corrected chi connectivity index (χ2v) is 7.76. The first-order chi connectivity index (χ1) is 12.5. The highest BCUT2D eigenvalue weighted by Crippen LogP contribution is 2.44. The van der Waals surface area contributed by atoms with E-state index in [9.17, 15) is 9.59 Å². The summed E-state index contributed by atoms with van der Waals surface area (Å²) >= 11 is 0. The summed E-state index contributed by atoms with van der Waals surface area (Å²) in [6.45, 7) is 6.39. The Hall–Kier alpha value is -1.82. The number of fused-ring (bicyclic) bond motifs is 1. The van der Waals surface area contributed by atoms with Gasteiger partial charge in [0, 0.05) is 37.3 Å². The fraction of sp³-hybridized carbons (Fsp3) is 0.429. The molecule has 1 aromatic carbocycles. The molecule has 152 valence electrons. The van der Waals surface area contributed by atoms with Crippen LogP contribution in [0.15, 0.2) is 41.2 Å². The predicted octanol–water partition coefficient (Wildman–Crippen LogP) is 3.21. The Balaban J connectivity index is 0.00000140. The zero-order valence-corrected chi connectivity index (χ0v) is 18.0. The van der Waals surface area contributed by atoms with Gasteiger partial charge in [-0.25, -0.2) is 0 Å². The van der Waals surface area contributed by atoms with Crippen LogP contribution in [0, 0.1) is 25.7 Å². The molecule has 2 saturated heterocycles. The maximum Gasteiger partial charge on any atom is 0.260 e. The monoisotopic (exact) mass is 423 g/mol. The van der Waals surface area contributed by atoms with Gasteiger partial charge < -0.3 is 9.88 Å². The summed E-state index contributed by atoms with van der Waals surface area (Å²) in [5.41, 5.74) is 3.37. The third-order valence-corrected chi connectivity index (χ3v) is 5.97. The van der Waals surface area contributed by atoms with E-state index in [4.69, 9.17) is 0 Å². The summed E-state index contributed by atoms with van der Waals surface area (Å²) in [7, 11) is 2.17. The molecule has 2 aliphatic heterocycles. The molecule has 4 rings (SSSR count). The fourth-order valence-electron chi connectivity index (χ4n) is 4.72. The van der Waals surface area contributed by atoms with Crippen LogP contribution in [0.1, 0.15) is 33.2 Å². The van der Waals surface area contributed by atoms with Gasteiger partial charge in [0.2, 0.25) is 0 Å². The van der Waals surface area contributed by atoms with Crippen molar-refractivity contribution in [1.82, 2.24) is 14.8 Å². The Morgan fingerprint density at radius 3 is 2.43 bits per heavy atom. The second-order valence-electron chi connectivity index (χ2n) is 7.76. The molecule has 2 aromatic rings. The molecule has 0 unspecified atom stereocenters. The van der Waals surface area contributed by atoms with Crippen molar-refractivity contribution in [2.24, 2.45) is 11.8 Å². The van der Waals surface area contributed by atoms with E-state index in [2.05, 4.69) is 48.1 Å². The van der Waals surface area contributed by atoms with Crippen LogP contribution in [0.3, 0.4) is 0 Å². The van der Waals surface area contributed by atoms with Gasteiger partial charge >= 0.3 is 0 Å². The van der Waals surface area contributed by atoms with Crippen LogP contribution >= 0.6 is 24.8 Å². The van der Waals surface area contributed by atoms with Crippen LogP contribution in [-0.2, 0) is 0 Å². The molecule has 0 bridgehead atoms. The smallest absolute Gasteiger partial charge is 0.260 e. The van der Waals surface area contributed by atoms with Crippen molar-refractivity contribution in [3.8, 4) is 0 Å². The normalized spacial score (nSPS) is 23.7. The van der Waals surface area contributed by atoms with Gasteiger partial charge in [-0.15, -0.1) is 24.8 Å². The number of amides is 1. The molecule has 2 aliphatic rings. The number of aromatic amines is 1. The number of benzene rings is 1. The largest absolute Gasteiger partial charge is 0.338 e. The summed E-state index contributed by atoms with van der Waals surface area (Å²) < 4.78 is 0. The summed E-state index contributed by atoms with van der Waals surface area (Å²) in [5, 5.41) is 0. The molecule has 3 heterocycles. The Labute approximate surface area is 177 Å². The average Bonchev–Trinajstić information content (AvgIpc) is 3.12. The van der Waals surface area contributed by atoms with Crippen molar-refractivity contribution in [3.05, 3.63) is 69.1 Å². The van der Waals surface area contributed by atoms with E-state index in [1.54, 1.807) is 12.1 Å². The third-order valence-electron chi connectivity index (χ3n) is 5.97. The van der Waals surface area contributed by atoms with Gasteiger partial charge in [-0.1, -0.05) is 24.3 Å². The summed E-state index contributed by atoms with van der Waals surface area (Å²) in [6, 6.07) is 12.3. The lowest BCUT2D eigenvalue weighted by Gasteiger charge is -2.28. The Morgan fingerprint density at radius 1 is 1.04 bits per heavy atom. The predicted molar refractivity (Wildman–Crippen MR) is 116 cm³/mol. The number of rotatable bonds is 2. The number of nitrogens with zero attached hydrogens (tertiary/aromatic N) is 2. The minimum Gasteiger partial charge on any atom is -0.338 e. The number of aromatic nitrogens is 1. The lowest BCUT2D eigenvalue weighted by Crippen LogP contribution is -2.36. The Bertz CT molecular complexity index is 915. The Morgan fingerprint density at radius 2 is 1.75 bits per heavy atom. The minimum atomic E-state index is -0.292. The highest BCUT2D eigenvalue weighted by molar-refractivity contribution is 5.94. The highest BCUT2D eigenvalue weighted by Gasteiger charge is 2.47. The summed E-state index contributed by atoms with van der Waals surface area (Å²) in [5.74, 6) is 0.722. The quantitative estimate of drug-likeness (QED) is 0.806. The number of aryl methyl sites for hydroxylation is 2. The molecule has 7 heteroatoms. The van der Waals surface area contributed by atoms with Crippen LogP contribution < -0.4 is 5.56 Å². The van der Waals surface area contributed by atoms with Crippen molar-refractivity contribution < 1.29 is 4.79 Å². The number of likely N-dealkylation sites (tertiary alicyclic amines) is 2. The van der Waals surface area contributed by atoms with E-state index in [0.29, 0.717) is 24.4 Å². The van der Waals surface area contributed by atoms with E-state index >= 15 is 0 Å². The van der Waals surface area contributed by atoms with E-state index in [1.807, 2.05) is 11.8 Å². The lowest BCUT2D eigenvalue weighted by molar-refractivity contribution is 0.0766. The maximum atomic E-state index is 12.9. The minimum absolute atomic E-state index is 0. The molecule has 0 saturated carbocycles.